The van der Waals surface area contributed by atoms with Crippen LogP contribution in [0.4, 0.5) is 5.69 Å². The van der Waals surface area contributed by atoms with E-state index in [-0.39, 0.29) is 24.3 Å². The SMILES string of the molecule is O=C(Cn1c(=O)n(Cc2ccccc2)c(=O)c2nccnc21)Nc1ccccc1Cl. The molecule has 150 valence electrons. The summed E-state index contributed by atoms with van der Waals surface area (Å²) in [5.41, 5.74) is 0.0443. The Balaban J connectivity index is 1.77. The minimum absolute atomic E-state index is 0.0126. The fourth-order valence-electron chi connectivity index (χ4n) is 3.07. The highest BCUT2D eigenvalue weighted by atomic mass is 35.5. The second-order valence-corrected chi connectivity index (χ2v) is 6.91. The number of halogens is 1. The number of hydrogen-bond donors (Lipinski definition) is 1. The maximum Gasteiger partial charge on any atom is 0.333 e. The van der Waals surface area contributed by atoms with Gasteiger partial charge in [0.1, 0.15) is 6.54 Å². The van der Waals surface area contributed by atoms with Crippen molar-refractivity contribution in [1.82, 2.24) is 19.1 Å². The maximum absolute atomic E-state index is 13.1. The van der Waals surface area contributed by atoms with Crippen molar-refractivity contribution >= 4 is 34.4 Å². The lowest BCUT2D eigenvalue weighted by atomic mass is 10.2. The number of para-hydroxylation sites is 1. The number of rotatable bonds is 5. The van der Waals surface area contributed by atoms with Crippen LogP contribution in [0.1, 0.15) is 5.56 Å². The third-order valence-corrected chi connectivity index (χ3v) is 4.81. The summed E-state index contributed by atoms with van der Waals surface area (Å²) in [5.74, 6) is -0.484. The summed E-state index contributed by atoms with van der Waals surface area (Å²) in [5, 5.41) is 3.04. The van der Waals surface area contributed by atoms with Crippen LogP contribution < -0.4 is 16.6 Å². The third kappa shape index (κ3) is 3.85. The summed E-state index contributed by atoms with van der Waals surface area (Å²) in [6.07, 6.45) is 2.74. The fraction of sp³-hybridized carbons (Fsp3) is 0.0952. The molecule has 0 saturated carbocycles. The van der Waals surface area contributed by atoms with Gasteiger partial charge in [0.2, 0.25) is 5.91 Å². The molecule has 4 rings (SSSR count). The molecule has 0 aliphatic heterocycles. The number of nitrogens with zero attached hydrogens (tertiary/aromatic N) is 4. The van der Waals surface area contributed by atoms with Crippen LogP contribution in [0.25, 0.3) is 11.2 Å². The van der Waals surface area contributed by atoms with Crippen molar-refractivity contribution in [1.29, 1.82) is 0 Å². The van der Waals surface area contributed by atoms with Crippen molar-refractivity contribution in [3.63, 3.8) is 0 Å². The van der Waals surface area contributed by atoms with Gasteiger partial charge in [-0.15, -0.1) is 0 Å². The molecule has 0 radical (unpaired) electrons. The van der Waals surface area contributed by atoms with Crippen LogP contribution >= 0.6 is 11.6 Å². The molecule has 0 fully saturated rings. The lowest BCUT2D eigenvalue weighted by molar-refractivity contribution is -0.116. The van der Waals surface area contributed by atoms with Crippen molar-refractivity contribution < 1.29 is 4.79 Å². The second kappa shape index (κ2) is 8.30. The van der Waals surface area contributed by atoms with Gasteiger partial charge in [0.25, 0.3) is 5.56 Å². The van der Waals surface area contributed by atoms with Gasteiger partial charge in [0.15, 0.2) is 11.2 Å². The molecular weight excluding hydrogens is 406 g/mol. The van der Waals surface area contributed by atoms with E-state index in [4.69, 9.17) is 11.6 Å². The molecule has 0 aliphatic carbocycles. The zero-order valence-electron chi connectivity index (χ0n) is 15.7. The van der Waals surface area contributed by atoms with E-state index < -0.39 is 17.2 Å². The molecule has 30 heavy (non-hydrogen) atoms. The number of fused-ring (bicyclic) bond motifs is 1. The highest BCUT2D eigenvalue weighted by Gasteiger charge is 2.18. The average Bonchev–Trinajstić information content (AvgIpc) is 2.76. The lowest BCUT2D eigenvalue weighted by Gasteiger charge is -2.13. The van der Waals surface area contributed by atoms with E-state index in [9.17, 15) is 14.4 Å². The van der Waals surface area contributed by atoms with E-state index in [2.05, 4.69) is 15.3 Å². The number of amides is 1. The van der Waals surface area contributed by atoms with E-state index in [1.807, 2.05) is 18.2 Å². The van der Waals surface area contributed by atoms with Crippen molar-refractivity contribution in [2.75, 3.05) is 5.32 Å². The van der Waals surface area contributed by atoms with Gasteiger partial charge in [-0.3, -0.25) is 18.7 Å². The smallest absolute Gasteiger partial charge is 0.323 e. The molecule has 1 N–H and O–H groups in total. The number of carbonyl (C=O) groups excluding carboxylic acids is 1. The Bertz CT molecular complexity index is 1350. The molecule has 9 heteroatoms. The molecule has 0 spiro atoms. The highest BCUT2D eigenvalue weighted by molar-refractivity contribution is 6.33. The van der Waals surface area contributed by atoms with Crippen LogP contribution in [0.3, 0.4) is 0 Å². The molecule has 0 unspecified atom stereocenters. The Labute approximate surface area is 175 Å². The number of aromatic nitrogens is 4. The molecule has 1 amide bonds. The van der Waals surface area contributed by atoms with E-state index in [1.54, 1.807) is 36.4 Å². The molecule has 4 aromatic rings. The second-order valence-electron chi connectivity index (χ2n) is 6.50. The van der Waals surface area contributed by atoms with E-state index >= 15 is 0 Å². The van der Waals surface area contributed by atoms with Crippen LogP contribution in [0.15, 0.2) is 76.6 Å². The zero-order valence-corrected chi connectivity index (χ0v) is 16.4. The number of carbonyl (C=O) groups is 1. The molecule has 2 aromatic heterocycles. The first kappa shape index (κ1) is 19.5. The lowest BCUT2D eigenvalue weighted by Crippen LogP contribution is -2.42. The van der Waals surface area contributed by atoms with Gasteiger partial charge < -0.3 is 5.32 Å². The summed E-state index contributed by atoms with van der Waals surface area (Å²) in [7, 11) is 0. The molecule has 2 heterocycles. The summed E-state index contributed by atoms with van der Waals surface area (Å²) in [6, 6.07) is 15.9. The Morgan fingerprint density at radius 1 is 0.933 bits per heavy atom. The topological polar surface area (TPSA) is 98.9 Å². The van der Waals surface area contributed by atoms with E-state index in [1.165, 1.54) is 12.4 Å². The molecular formula is C21H16ClN5O3. The fourth-order valence-corrected chi connectivity index (χ4v) is 3.26. The van der Waals surface area contributed by atoms with Crippen molar-refractivity contribution in [3.05, 3.63) is 98.4 Å². The van der Waals surface area contributed by atoms with Gasteiger partial charge >= 0.3 is 5.69 Å². The maximum atomic E-state index is 13.1. The van der Waals surface area contributed by atoms with E-state index in [0.717, 1.165) is 14.7 Å². The van der Waals surface area contributed by atoms with Gasteiger partial charge in [-0.25, -0.2) is 14.8 Å². The first-order chi connectivity index (χ1) is 14.5. The summed E-state index contributed by atoms with van der Waals surface area (Å²) in [6.45, 7) is -0.300. The van der Waals surface area contributed by atoms with Crippen molar-refractivity contribution in [3.8, 4) is 0 Å². The summed E-state index contributed by atoms with van der Waals surface area (Å²) >= 11 is 6.08. The summed E-state index contributed by atoms with van der Waals surface area (Å²) in [4.78, 5) is 46.8. The monoisotopic (exact) mass is 421 g/mol. The van der Waals surface area contributed by atoms with Crippen LogP contribution in [0, 0.1) is 0 Å². The average molecular weight is 422 g/mol. The Morgan fingerprint density at radius 2 is 1.63 bits per heavy atom. The number of benzene rings is 2. The number of nitrogens with one attached hydrogen (secondary N) is 1. The van der Waals surface area contributed by atoms with Gasteiger partial charge in [-0.05, 0) is 17.7 Å². The number of anilines is 1. The largest absolute Gasteiger partial charge is 0.333 e. The van der Waals surface area contributed by atoms with Crippen LogP contribution in [-0.2, 0) is 17.9 Å². The molecule has 0 bridgehead atoms. The minimum Gasteiger partial charge on any atom is -0.323 e. The van der Waals surface area contributed by atoms with Crippen LogP contribution in [0.2, 0.25) is 5.02 Å². The molecule has 0 atom stereocenters. The third-order valence-electron chi connectivity index (χ3n) is 4.48. The molecule has 0 aliphatic rings. The molecule has 2 aromatic carbocycles. The molecule has 0 saturated heterocycles. The number of hydrogen-bond acceptors (Lipinski definition) is 5. The van der Waals surface area contributed by atoms with Gasteiger partial charge in [0.05, 0.1) is 17.3 Å². The van der Waals surface area contributed by atoms with Gasteiger partial charge in [-0.1, -0.05) is 54.1 Å². The van der Waals surface area contributed by atoms with Crippen molar-refractivity contribution in [2.24, 2.45) is 0 Å². The quantitative estimate of drug-likeness (QED) is 0.533. The Morgan fingerprint density at radius 3 is 2.40 bits per heavy atom. The minimum atomic E-state index is -0.647. The van der Waals surface area contributed by atoms with Crippen molar-refractivity contribution in [2.45, 2.75) is 13.1 Å². The van der Waals surface area contributed by atoms with E-state index in [0.29, 0.717) is 10.7 Å². The predicted molar refractivity (Wildman–Crippen MR) is 114 cm³/mol. The van der Waals surface area contributed by atoms with Gasteiger partial charge in [-0.2, -0.15) is 0 Å². The highest BCUT2D eigenvalue weighted by Crippen LogP contribution is 2.20. The summed E-state index contributed by atoms with van der Waals surface area (Å²) < 4.78 is 2.19. The Hall–Kier alpha value is -3.78. The molecule has 8 nitrogen and oxygen atoms in total. The first-order valence-electron chi connectivity index (χ1n) is 9.07. The normalized spacial score (nSPS) is 10.8. The standard InChI is InChI=1S/C21H16ClN5O3/c22-15-8-4-5-9-16(15)25-17(28)13-26-19-18(23-10-11-24-19)20(29)27(21(26)30)12-14-6-2-1-3-7-14/h1-11H,12-13H2,(H,25,28). The predicted octanol–water partition coefficient (Wildman–Crippen LogP) is 2.29. The zero-order chi connectivity index (χ0) is 21.1. The first-order valence-corrected chi connectivity index (χ1v) is 9.45. The van der Waals surface area contributed by atoms with Gasteiger partial charge in [0, 0.05) is 12.4 Å². The van der Waals surface area contributed by atoms with Crippen LogP contribution in [-0.4, -0.2) is 25.0 Å². The van der Waals surface area contributed by atoms with Crippen LogP contribution in [0.5, 0.6) is 0 Å². The Kier molecular flexibility index (Phi) is 5.40.